The molecular weight excluding hydrogens is 455 g/mol. The fraction of sp³-hybridized carbons (Fsp3) is 0.947. The molecule has 3 fully saturated rings. The van der Waals surface area contributed by atoms with Crippen molar-refractivity contribution in [3.8, 4) is 0 Å². The lowest BCUT2D eigenvalue weighted by molar-refractivity contribution is 0.0195. The second kappa shape index (κ2) is 12.4. The van der Waals surface area contributed by atoms with E-state index in [4.69, 9.17) is 4.74 Å². The Hall–Kier alpha value is -0.160. The summed E-state index contributed by atoms with van der Waals surface area (Å²) in [4.78, 5) is 14.6. The van der Waals surface area contributed by atoms with Crippen LogP contribution in [0.1, 0.15) is 19.3 Å². The number of aliphatic imine (C=N–C) groups is 1. The molecule has 0 spiro atoms. The van der Waals surface area contributed by atoms with E-state index < -0.39 is 0 Å². The topological polar surface area (TPSA) is 46.6 Å². The molecular formula is C19H39IN6O. The fourth-order valence-electron chi connectivity index (χ4n) is 4.33. The lowest BCUT2D eigenvalue weighted by Crippen LogP contribution is -2.47. The van der Waals surface area contributed by atoms with Crippen LogP contribution in [0.2, 0.25) is 0 Å². The smallest absolute Gasteiger partial charge is 0.193 e. The summed E-state index contributed by atoms with van der Waals surface area (Å²) in [6.07, 6.45) is 3.72. The number of halogens is 1. The minimum Gasteiger partial charge on any atom is -0.379 e. The molecule has 3 aliphatic heterocycles. The highest BCUT2D eigenvalue weighted by Gasteiger charge is 2.30. The highest BCUT2D eigenvalue weighted by Crippen LogP contribution is 2.17. The lowest BCUT2D eigenvalue weighted by Gasteiger charge is -2.32. The Morgan fingerprint density at radius 2 is 1.89 bits per heavy atom. The summed E-state index contributed by atoms with van der Waals surface area (Å²) in [5.41, 5.74) is 0. The van der Waals surface area contributed by atoms with E-state index >= 15 is 0 Å². The molecule has 8 heteroatoms. The van der Waals surface area contributed by atoms with E-state index in [1.165, 1.54) is 52.0 Å². The van der Waals surface area contributed by atoms with Crippen molar-refractivity contribution < 1.29 is 4.74 Å². The second-order valence-electron chi connectivity index (χ2n) is 7.86. The van der Waals surface area contributed by atoms with E-state index in [1.54, 1.807) is 0 Å². The molecule has 0 aromatic rings. The number of ether oxygens (including phenoxy) is 1. The summed E-state index contributed by atoms with van der Waals surface area (Å²) in [6, 6.07) is 0.659. The number of morpholine rings is 1. The Kier molecular flexibility index (Phi) is 10.6. The summed E-state index contributed by atoms with van der Waals surface area (Å²) < 4.78 is 5.49. The molecule has 0 aromatic carbocycles. The van der Waals surface area contributed by atoms with Crippen LogP contribution in [0.3, 0.4) is 0 Å². The zero-order valence-corrected chi connectivity index (χ0v) is 19.6. The number of nitrogens with zero attached hydrogens (tertiary/aromatic N) is 5. The number of hydrogen-bond donors (Lipinski definition) is 1. The SMILES string of the molecule is CN=C(NCCCN1CCCN(C)CC1)N1CCC(N2CCOCC2)C1.I. The average Bonchev–Trinajstić information content (AvgIpc) is 3.07. The van der Waals surface area contributed by atoms with Crippen LogP contribution in [0.15, 0.2) is 4.99 Å². The molecule has 0 bridgehead atoms. The minimum atomic E-state index is 0. The van der Waals surface area contributed by atoms with Gasteiger partial charge in [-0.15, -0.1) is 24.0 Å². The van der Waals surface area contributed by atoms with Crippen LogP contribution in [-0.2, 0) is 4.74 Å². The summed E-state index contributed by atoms with van der Waals surface area (Å²) in [5, 5.41) is 3.59. The number of likely N-dealkylation sites (tertiary alicyclic amines) is 1. The Morgan fingerprint density at radius 3 is 2.67 bits per heavy atom. The number of rotatable bonds is 5. The molecule has 0 saturated carbocycles. The maximum atomic E-state index is 5.49. The van der Waals surface area contributed by atoms with Gasteiger partial charge in [0, 0.05) is 58.9 Å². The number of hydrogen-bond acceptors (Lipinski definition) is 5. The zero-order chi connectivity index (χ0) is 18.2. The third kappa shape index (κ3) is 7.30. The van der Waals surface area contributed by atoms with Crippen molar-refractivity contribution in [3.05, 3.63) is 0 Å². The van der Waals surface area contributed by atoms with Gasteiger partial charge in [-0.2, -0.15) is 0 Å². The van der Waals surface area contributed by atoms with E-state index in [-0.39, 0.29) is 24.0 Å². The van der Waals surface area contributed by atoms with Gasteiger partial charge in [-0.05, 0) is 45.9 Å². The predicted octanol–water partition coefficient (Wildman–Crippen LogP) is 0.614. The molecule has 3 rings (SSSR count). The van der Waals surface area contributed by atoms with Gasteiger partial charge in [-0.3, -0.25) is 9.89 Å². The van der Waals surface area contributed by atoms with E-state index in [0.717, 1.165) is 51.9 Å². The molecule has 3 aliphatic rings. The lowest BCUT2D eigenvalue weighted by atomic mass is 10.2. The molecule has 7 nitrogen and oxygen atoms in total. The normalized spacial score (nSPS) is 26.7. The van der Waals surface area contributed by atoms with Gasteiger partial charge in [-0.1, -0.05) is 0 Å². The number of likely N-dealkylation sites (N-methyl/N-ethyl adjacent to an activating group) is 1. The Morgan fingerprint density at radius 1 is 1.07 bits per heavy atom. The molecule has 0 aromatic heterocycles. The molecule has 0 amide bonds. The summed E-state index contributed by atoms with van der Waals surface area (Å²) in [5.74, 6) is 1.08. The van der Waals surface area contributed by atoms with Gasteiger partial charge in [0.15, 0.2) is 5.96 Å². The monoisotopic (exact) mass is 494 g/mol. The molecule has 1 atom stereocenters. The summed E-state index contributed by atoms with van der Waals surface area (Å²) >= 11 is 0. The first-order chi connectivity index (χ1) is 12.8. The number of guanidine groups is 1. The van der Waals surface area contributed by atoms with Crippen molar-refractivity contribution in [2.45, 2.75) is 25.3 Å². The van der Waals surface area contributed by atoms with Gasteiger partial charge in [0.2, 0.25) is 0 Å². The van der Waals surface area contributed by atoms with E-state index in [0.29, 0.717) is 6.04 Å². The van der Waals surface area contributed by atoms with Gasteiger partial charge in [0.05, 0.1) is 13.2 Å². The quantitative estimate of drug-likeness (QED) is 0.262. The zero-order valence-electron chi connectivity index (χ0n) is 17.2. The van der Waals surface area contributed by atoms with Crippen LogP contribution in [-0.4, -0.2) is 124 Å². The van der Waals surface area contributed by atoms with Crippen molar-refractivity contribution >= 4 is 29.9 Å². The van der Waals surface area contributed by atoms with Gasteiger partial charge < -0.3 is 24.8 Å². The Labute approximate surface area is 182 Å². The first-order valence-corrected chi connectivity index (χ1v) is 10.4. The number of nitrogens with one attached hydrogen (secondary N) is 1. The van der Waals surface area contributed by atoms with Crippen molar-refractivity contribution in [3.63, 3.8) is 0 Å². The van der Waals surface area contributed by atoms with Gasteiger partial charge in [0.25, 0.3) is 0 Å². The molecule has 158 valence electrons. The van der Waals surface area contributed by atoms with Crippen molar-refractivity contribution in [2.24, 2.45) is 4.99 Å². The van der Waals surface area contributed by atoms with Crippen LogP contribution < -0.4 is 5.32 Å². The van der Waals surface area contributed by atoms with Gasteiger partial charge >= 0.3 is 0 Å². The van der Waals surface area contributed by atoms with Gasteiger partial charge in [0.1, 0.15) is 0 Å². The second-order valence-corrected chi connectivity index (χ2v) is 7.86. The third-order valence-electron chi connectivity index (χ3n) is 5.98. The summed E-state index contributed by atoms with van der Waals surface area (Å²) in [7, 11) is 4.14. The molecule has 0 aliphatic carbocycles. The summed E-state index contributed by atoms with van der Waals surface area (Å²) in [6.45, 7) is 13.2. The van der Waals surface area contributed by atoms with Crippen molar-refractivity contribution in [2.75, 3.05) is 92.8 Å². The van der Waals surface area contributed by atoms with Crippen LogP contribution >= 0.6 is 24.0 Å². The molecule has 1 unspecified atom stereocenters. The maximum absolute atomic E-state index is 5.49. The van der Waals surface area contributed by atoms with E-state index in [9.17, 15) is 0 Å². The maximum Gasteiger partial charge on any atom is 0.193 e. The largest absolute Gasteiger partial charge is 0.379 e. The highest BCUT2D eigenvalue weighted by molar-refractivity contribution is 14.0. The van der Waals surface area contributed by atoms with E-state index in [2.05, 4.69) is 37.0 Å². The standard InChI is InChI=1S/C19H38N6O.HI/c1-20-19(21-6-3-8-23-9-4-7-22(2)11-12-23)25-10-5-18(17-25)24-13-15-26-16-14-24;/h18H,3-17H2,1-2H3,(H,20,21);1H. The Bertz CT molecular complexity index is 446. The highest BCUT2D eigenvalue weighted by atomic mass is 127. The first kappa shape index (κ1) is 23.1. The third-order valence-corrected chi connectivity index (χ3v) is 5.98. The first-order valence-electron chi connectivity index (χ1n) is 10.4. The van der Waals surface area contributed by atoms with Crippen LogP contribution in [0.5, 0.6) is 0 Å². The molecule has 27 heavy (non-hydrogen) atoms. The fourth-order valence-corrected chi connectivity index (χ4v) is 4.33. The minimum absolute atomic E-state index is 0. The molecule has 3 saturated heterocycles. The van der Waals surface area contributed by atoms with Crippen molar-refractivity contribution in [1.29, 1.82) is 0 Å². The van der Waals surface area contributed by atoms with Crippen LogP contribution in [0.4, 0.5) is 0 Å². The molecule has 0 radical (unpaired) electrons. The van der Waals surface area contributed by atoms with Gasteiger partial charge in [-0.25, -0.2) is 0 Å². The Balaban J connectivity index is 0.00000261. The van der Waals surface area contributed by atoms with Crippen LogP contribution in [0.25, 0.3) is 0 Å². The van der Waals surface area contributed by atoms with Crippen molar-refractivity contribution in [1.82, 2.24) is 24.9 Å². The van der Waals surface area contributed by atoms with E-state index in [1.807, 2.05) is 7.05 Å². The average molecular weight is 494 g/mol. The predicted molar refractivity (Wildman–Crippen MR) is 122 cm³/mol. The van der Waals surface area contributed by atoms with Crippen LogP contribution in [0, 0.1) is 0 Å². The molecule has 1 N–H and O–H groups in total. The molecule has 3 heterocycles.